The van der Waals surface area contributed by atoms with E-state index in [2.05, 4.69) is 20.4 Å². The number of carbonyl (C=O) groups is 1. The fraction of sp³-hybridized carbons (Fsp3) is 0.500. The first kappa shape index (κ1) is 17.6. The number of methoxy groups -OCH3 is 1. The van der Waals surface area contributed by atoms with Gasteiger partial charge in [0.05, 0.1) is 6.54 Å². The average Bonchev–Trinajstić information content (AvgIpc) is 3.05. The van der Waals surface area contributed by atoms with Crippen molar-refractivity contribution in [3.05, 3.63) is 35.7 Å². The lowest BCUT2D eigenvalue weighted by Crippen LogP contribution is -2.45. The molecule has 134 valence electrons. The van der Waals surface area contributed by atoms with E-state index in [4.69, 9.17) is 9.26 Å². The Morgan fingerprint density at radius 1 is 1.40 bits per heavy atom. The van der Waals surface area contributed by atoms with Crippen LogP contribution >= 0.6 is 0 Å². The number of likely N-dealkylation sites (tertiary alicyclic amines) is 1. The van der Waals surface area contributed by atoms with Gasteiger partial charge in [0, 0.05) is 31.8 Å². The van der Waals surface area contributed by atoms with E-state index >= 15 is 0 Å². The molecule has 2 aromatic rings. The van der Waals surface area contributed by atoms with E-state index in [9.17, 15) is 4.79 Å². The minimum absolute atomic E-state index is 0.0550. The van der Waals surface area contributed by atoms with Crippen LogP contribution in [0.3, 0.4) is 0 Å². The van der Waals surface area contributed by atoms with Gasteiger partial charge in [0.25, 0.3) is 0 Å². The largest absolute Gasteiger partial charge is 0.375 e. The van der Waals surface area contributed by atoms with Gasteiger partial charge in [0.1, 0.15) is 6.61 Å². The Hall–Kier alpha value is -2.25. The van der Waals surface area contributed by atoms with Crippen LogP contribution in [0.2, 0.25) is 0 Å². The normalized spacial score (nSPS) is 16.1. The lowest BCUT2D eigenvalue weighted by molar-refractivity contribution is -0.125. The summed E-state index contributed by atoms with van der Waals surface area (Å²) in [7, 11) is 1.53. The molecule has 0 unspecified atom stereocenters. The first-order valence-corrected chi connectivity index (χ1v) is 8.54. The van der Waals surface area contributed by atoms with Crippen LogP contribution in [-0.4, -0.2) is 53.8 Å². The molecule has 0 radical (unpaired) electrons. The maximum absolute atomic E-state index is 11.6. The van der Waals surface area contributed by atoms with Gasteiger partial charge in [-0.1, -0.05) is 28.9 Å². The van der Waals surface area contributed by atoms with Gasteiger partial charge in [-0.25, -0.2) is 0 Å². The van der Waals surface area contributed by atoms with E-state index in [0.29, 0.717) is 18.3 Å². The van der Waals surface area contributed by atoms with Crippen molar-refractivity contribution < 1.29 is 14.1 Å². The molecule has 1 N–H and O–H groups in total. The van der Waals surface area contributed by atoms with Crippen LogP contribution in [0, 0.1) is 6.92 Å². The highest BCUT2D eigenvalue weighted by Crippen LogP contribution is 2.18. The second-order valence-electron chi connectivity index (χ2n) is 6.43. The maximum Gasteiger partial charge on any atom is 0.246 e. The minimum Gasteiger partial charge on any atom is -0.375 e. The lowest BCUT2D eigenvalue weighted by Gasteiger charge is -2.31. The highest BCUT2D eigenvalue weighted by atomic mass is 16.5. The molecular weight excluding hydrogens is 320 g/mol. The zero-order chi connectivity index (χ0) is 17.6. The number of carbonyl (C=O) groups excluding carboxylic acids is 1. The van der Waals surface area contributed by atoms with Crippen molar-refractivity contribution in [2.45, 2.75) is 32.4 Å². The van der Waals surface area contributed by atoms with E-state index < -0.39 is 0 Å². The molecule has 3 rings (SSSR count). The molecule has 7 heteroatoms. The number of piperidine rings is 1. The van der Waals surface area contributed by atoms with Crippen LogP contribution in [0.25, 0.3) is 11.4 Å². The number of nitrogens with zero attached hydrogens (tertiary/aromatic N) is 3. The number of benzene rings is 1. The number of rotatable bonds is 6. The SMILES string of the molecule is COCC(=O)NC1CCN(Cc2nc(-c3cccc(C)c3)no2)CC1. The zero-order valence-electron chi connectivity index (χ0n) is 14.7. The maximum atomic E-state index is 11.6. The third-order valence-corrected chi connectivity index (χ3v) is 4.33. The van der Waals surface area contributed by atoms with Gasteiger partial charge in [0.15, 0.2) is 0 Å². The number of hydrogen-bond donors (Lipinski definition) is 1. The van der Waals surface area contributed by atoms with E-state index in [1.54, 1.807) is 0 Å². The van der Waals surface area contributed by atoms with E-state index in [1.807, 2.05) is 31.2 Å². The van der Waals surface area contributed by atoms with Crippen LogP contribution in [0.1, 0.15) is 24.3 Å². The molecule has 0 aliphatic carbocycles. The molecule has 1 aromatic heterocycles. The standard InChI is InChI=1S/C18H24N4O3/c1-13-4-3-5-14(10-13)18-20-17(25-21-18)11-22-8-6-15(7-9-22)19-16(23)12-24-2/h3-5,10,15H,6-9,11-12H2,1-2H3,(H,19,23). The topological polar surface area (TPSA) is 80.5 Å². The number of aryl methyl sites for hydroxylation is 1. The summed E-state index contributed by atoms with van der Waals surface area (Å²) in [5.74, 6) is 1.19. The highest BCUT2D eigenvalue weighted by molar-refractivity contribution is 5.77. The third-order valence-electron chi connectivity index (χ3n) is 4.33. The molecule has 1 amide bonds. The Morgan fingerprint density at radius 2 is 2.20 bits per heavy atom. The Labute approximate surface area is 147 Å². The van der Waals surface area contributed by atoms with Crippen molar-refractivity contribution in [1.82, 2.24) is 20.4 Å². The summed E-state index contributed by atoms with van der Waals surface area (Å²) in [5.41, 5.74) is 2.14. The number of nitrogens with one attached hydrogen (secondary N) is 1. The first-order valence-electron chi connectivity index (χ1n) is 8.54. The Morgan fingerprint density at radius 3 is 2.92 bits per heavy atom. The van der Waals surface area contributed by atoms with Gasteiger partial charge in [-0.15, -0.1) is 0 Å². The van der Waals surface area contributed by atoms with Crippen LogP contribution in [0.5, 0.6) is 0 Å². The van der Waals surface area contributed by atoms with Crippen LogP contribution in [0.4, 0.5) is 0 Å². The second-order valence-corrected chi connectivity index (χ2v) is 6.43. The Bertz CT molecular complexity index is 708. The zero-order valence-corrected chi connectivity index (χ0v) is 14.7. The molecule has 7 nitrogen and oxygen atoms in total. The molecule has 1 aliphatic heterocycles. The second kappa shape index (κ2) is 8.22. The summed E-state index contributed by atoms with van der Waals surface area (Å²) >= 11 is 0. The molecule has 1 aliphatic rings. The predicted octanol–water partition coefficient (Wildman–Crippen LogP) is 1.77. The van der Waals surface area contributed by atoms with Gasteiger partial charge in [-0.05, 0) is 25.8 Å². The predicted molar refractivity (Wildman–Crippen MR) is 92.8 cm³/mol. The van der Waals surface area contributed by atoms with Crippen molar-refractivity contribution in [1.29, 1.82) is 0 Å². The summed E-state index contributed by atoms with van der Waals surface area (Å²) in [5, 5.41) is 7.08. The molecule has 1 saturated heterocycles. The number of aromatic nitrogens is 2. The number of amides is 1. The summed E-state index contributed by atoms with van der Waals surface area (Å²) in [4.78, 5) is 18.3. The van der Waals surface area contributed by atoms with Crippen molar-refractivity contribution in [3.63, 3.8) is 0 Å². The molecule has 1 aromatic carbocycles. The van der Waals surface area contributed by atoms with Gasteiger partial charge in [-0.3, -0.25) is 9.69 Å². The molecule has 25 heavy (non-hydrogen) atoms. The van der Waals surface area contributed by atoms with E-state index in [1.165, 1.54) is 12.7 Å². The Kier molecular flexibility index (Phi) is 5.78. The molecular formula is C18H24N4O3. The van der Waals surface area contributed by atoms with Gasteiger partial charge in [-0.2, -0.15) is 4.98 Å². The van der Waals surface area contributed by atoms with Gasteiger partial charge < -0.3 is 14.6 Å². The summed E-state index contributed by atoms with van der Waals surface area (Å²) < 4.78 is 10.2. The van der Waals surface area contributed by atoms with Gasteiger partial charge >= 0.3 is 0 Å². The number of ether oxygens (including phenoxy) is 1. The van der Waals surface area contributed by atoms with E-state index in [-0.39, 0.29) is 18.6 Å². The smallest absolute Gasteiger partial charge is 0.246 e. The van der Waals surface area contributed by atoms with Crippen LogP contribution < -0.4 is 5.32 Å². The van der Waals surface area contributed by atoms with Crippen LogP contribution in [0.15, 0.2) is 28.8 Å². The van der Waals surface area contributed by atoms with Crippen molar-refractivity contribution in [3.8, 4) is 11.4 Å². The average molecular weight is 344 g/mol. The van der Waals surface area contributed by atoms with Crippen molar-refractivity contribution in [2.75, 3.05) is 26.8 Å². The molecule has 1 fully saturated rings. The fourth-order valence-electron chi connectivity index (χ4n) is 3.05. The molecule has 0 spiro atoms. The molecule has 0 atom stereocenters. The van der Waals surface area contributed by atoms with Crippen molar-refractivity contribution in [2.24, 2.45) is 0 Å². The number of hydrogen-bond acceptors (Lipinski definition) is 6. The Balaban J connectivity index is 1.50. The summed E-state index contributed by atoms with van der Waals surface area (Å²) in [6.45, 7) is 4.57. The lowest BCUT2D eigenvalue weighted by atomic mass is 10.1. The van der Waals surface area contributed by atoms with Crippen LogP contribution in [-0.2, 0) is 16.1 Å². The van der Waals surface area contributed by atoms with Gasteiger partial charge in [0.2, 0.25) is 17.6 Å². The fourth-order valence-corrected chi connectivity index (χ4v) is 3.05. The molecule has 0 bridgehead atoms. The molecule has 2 heterocycles. The first-order chi connectivity index (χ1) is 12.1. The summed E-state index contributed by atoms with van der Waals surface area (Å²) in [6.07, 6.45) is 1.82. The minimum atomic E-state index is -0.0550. The monoisotopic (exact) mass is 344 g/mol. The summed E-state index contributed by atoms with van der Waals surface area (Å²) in [6, 6.07) is 8.27. The third kappa shape index (κ3) is 4.87. The quantitative estimate of drug-likeness (QED) is 0.860. The molecule has 0 saturated carbocycles. The van der Waals surface area contributed by atoms with Crippen molar-refractivity contribution >= 4 is 5.91 Å². The van der Waals surface area contributed by atoms with E-state index in [0.717, 1.165) is 31.5 Å². The highest BCUT2D eigenvalue weighted by Gasteiger charge is 2.22.